The first-order chi connectivity index (χ1) is 12.2. The normalized spacial score (nSPS) is 48.4. The molecule has 0 aromatic carbocycles. The number of carbonyl (C=O) groups excluding carboxylic acids is 3. The van der Waals surface area contributed by atoms with Crippen LogP contribution in [0.25, 0.3) is 0 Å². The molecule has 7 atom stereocenters. The summed E-state index contributed by atoms with van der Waals surface area (Å²) in [5.41, 5.74) is -1.46. The minimum absolute atomic E-state index is 0. The van der Waals surface area contributed by atoms with Crippen molar-refractivity contribution in [1.29, 1.82) is 0 Å². The summed E-state index contributed by atoms with van der Waals surface area (Å²) in [6.45, 7) is 4.05. The lowest BCUT2D eigenvalue weighted by molar-refractivity contribution is -0.180. The maximum absolute atomic E-state index is 12.2. The van der Waals surface area contributed by atoms with Crippen molar-refractivity contribution in [3.8, 4) is 0 Å². The number of hydrogen-bond acceptors (Lipinski definition) is 5. The molecule has 0 aromatic heterocycles. The molecular weight excluding hydrogens is 344 g/mol. The van der Waals surface area contributed by atoms with Gasteiger partial charge in [0.15, 0.2) is 12.1 Å². The van der Waals surface area contributed by atoms with Crippen LogP contribution in [0.5, 0.6) is 0 Å². The maximum Gasteiger partial charge on any atom is 0.227 e. The molecule has 150 valence electrons. The quantitative estimate of drug-likeness (QED) is 0.571. The number of aliphatic hydroxyl groups is 2. The van der Waals surface area contributed by atoms with Crippen LogP contribution in [-0.2, 0) is 14.4 Å². The molecule has 0 saturated heterocycles. The number of aldehydes is 1. The number of aliphatic hydroxyl groups excluding tert-OH is 1. The van der Waals surface area contributed by atoms with Crippen molar-refractivity contribution in [2.45, 2.75) is 77.9 Å². The SMILES string of the molecule is C.C[C@]12CCC(=O)C=C1CC[C@@H]1[C@@H]2[C@@H](O)C[C@@]2(C)[C@H]1CC[C@@]2(O)C(=O)C=O. The third-order valence-corrected chi connectivity index (χ3v) is 8.56. The van der Waals surface area contributed by atoms with Crippen LogP contribution in [-0.4, -0.2) is 39.8 Å². The van der Waals surface area contributed by atoms with E-state index in [1.54, 1.807) is 6.08 Å². The largest absolute Gasteiger partial charge is 0.393 e. The average Bonchev–Trinajstić information content (AvgIpc) is 2.86. The predicted octanol–water partition coefficient (Wildman–Crippen LogP) is 2.62. The summed E-state index contributed by atoms with van der Waals surface area (Å²) in [5, 5.41) is 22.3. The van der Waals surface area contributed by atoms with Gasteiger partial charge in [0.2, 0.25) is 5.78 Å². The minimum atomic E-state index is -1.66. The zero-order valence-electron chi connectivity index (χ0n) is 15.5. The van der Waals surface area contributed by atoms with Gasteiger partial charge in [-0.3, -0.25) is 14.4 Å². The van der Waals surface area contributed by atoms with E-state index in [0.29, 0.717) is 25.7 Å². The highest BCUT2D eigenvalue weighted by Crippen LogP contribution is 2.67. The Morgan fingerprint density at radius 2 is 1.93 bits per heavy atom. The van der Waals surface area contributed by atoms with Crippen molar-refractivity contribution in [3.63, 3.8) is 0 Å². The van der Waals surface area contributed by atoms with Gasteiger partial charge in [-0.1, -0.05) is 26.8 Å². The highest BCUT2D eigenvalue weighted by atomic mass is 16.3. The number of rotatable bonds is 2. The molecule has 3 saturated carbocycles. The number of Topliss-reactive ketones (excluding diaryl/α,β-unsaturated/α-hetero) is 1. The van der Waals surface area contributed by atoms with Crippen LogP contribution in [0.3, 0.4) is 0 Å². The number of allylic oxidation sites excluding steroid dienone is 1. The number of fused-ring (bicyclic) bond motifs is 5. The summed E-state index contributed by atoms with van der Waals surface area (Å²) in [5.74, 6) is -0.215. The Morgan fingerprint density at radius 1 is 1.22 bits per heavy atom. The Morgan fingerprint density at radius 3 is 2.59 bits per heavy atom. The summed E-state index contributed by atoms with van der Waals surface area (Å²) in [6.07, 6.45) is 5.68. The van der Waals surface area contributed by atoms with Crippen molar-refractivity contribution in [3.05, 3.63) is 11.6 Å². The Hall–Kier alpha value is -1.33. The standard InChI is InChI=1S/C21H28O5.CH4/c1-19-7-5-13(23)9-12(19)3-4-14-15-6-8-21(26,17(25)11-22)20(15,2)10-16(24)18(14)19;/h9,11,14-16,18,24,26H,3-8,10H2,1-2H3;1H4/t14-,15-,16-,18+,19-,20-,21+;/m0./s1. The summed E-state index contributed by atoms with van der Waals surface area (Å²) in [6, 6.07) is 0. The maximum atomic E-state index is 12.2. The molecule has 0 unspecified atom stereocenters. The van der Waals surface area contributed by atoms with E-state index in [4.69, 9.17) is 0 Å². The van der Waals surface area contributed by atoms with Crippen LogP contribution in [0.4, 0.5) is 0 Å². The molecule has 0 spiro atoms. The van der Waals surface area contributed by atoms with Gasteiger partial charge in [0.25, 0.3) is 0 Å². The van der Waals surface area contributed by atoms with Crippen molar-refractivity contribution in [1.82, 2.24) is 0 Å². The first-order valence-corrected chi connectivity index (χ1v) is 9.81. The molecule has 0 radical (unpaired) electrons. The molecule has 0 aliphatic heterocycles. The predicted molar refractivity (Wildman–Crippen MR) is 101 cm³/mol. The summed E-state index contributed by atoms with van der Waals surface area (Å²) < 4.78 is 0. The van der Waals surface area contributed by atoms with Crippen molar-refractivity contribution in [2.75, 3.05) is 0 Å². The highest BCUT2D eigenvalue weighted by Gasteiger charge is 2.68. The van der Waals surface area contributed by atoms with Crippen LogP contribution >= 0.6 is 0 Å². The fourth-order valence-corrected chi connectivity index (χ4v) is 7.19. The summed E-state index contributed by atoms with van der Waals surface area (Å²) in [4.78, 5) is 35.3. The first-order valence-electron chi connectivity index (χ1n) is 9.81. The fraction of sp³-hybridized carbons (Fsp3) is 0.773. The number of carbonyl (C=O) groups is 3. The van der Waals surface area contributed by atoms with E-state index in [1.165, 1.54) is 0 Å². The van der Waals surface area contributed by atoms with Crippen LogP contribution in [0.1, 0.15) is 66.2 Å². The monoisotopic (exact) mass is 376 g/mol. The number of ketones is 2. The second-order valence-electron chi connectivity index (χ2n) is 9.46. The van der Waals surface area contributed by atoms with Gasteiger partial charge in [0.1, 0.15) is 5.60 Å². The van der Waals surface area contributed by atoms with Crippen LogP contribution in [0.15, 0.2) is 11.6 Å². The van der Waals surface area contributed by atoms with Crippen LogP contribution in [0, 0.1) is 28.6 Å². The Balaban J connectivity index is 0.00000210. The molecule has 4 rings (SSSR count). The lowest BCUT2D eigenvalue weighted by atomic mass is 9.45. The van der Waals surface area contributed by atoms with Gasteiger partial charge in [-0.2, -0.15) is 0 Å². The van der Waals surface area contributed by atoms with Crippen molar-refractivity contribution >= 4 is 17.9 Å². The average molecular weight is 376 g/mol. The van der Waals surface area contributed by atoms with Crippen LogP contribution in [0.2, 0.25) is 0 Å². The zero-order chi connectivity index (χ0) is 18.9. The fourth-order valence-electron chi connectivity index (χ4n) is 7.19. The summed E-state index contributed by atoms with van der Waals surface area (Å²) in [7, 11) is 0. The highest BCUT2D eigenvalue weighted by molar-refractivity contribution is 6.29. The molecule has 0 aromatic rings. The molecule has 27 heavy (non-hydrogen) atoms. The Kier molecular flexibility index (Phi) is 4.80. The molecule has 0 amide bonds. The van der Waals surface area contributed by atoms with Gasteiger partial charge in [-0.25, -0.2) is 0 Å². The van der Waals surface area contributed by atoms with Gasteiger partial charge in [0, 0.05) is 11.8 Å². The van der Waals surface area contributed by atoms with Gasteiger partial charge < -0.3 is 10.2 Å². The molecule has 0 heterocycles. The van der Waals surface area contributed by atoms with Crippen LogP contribution < -0.4 is 0 Å². The van der Waals surface area contributed by atoms with Crippen molar-refractivity contribution < 1.29 is 24.6 Å². The van der Waals surface area contributed by atoms with E-state index in [1.807, 2.05) is 6.92 Å². The smallest absolute Gasteiger partial charge is 0.227 e. The molecule has 5 nitrogen and oxygen atoms in total. The van der Waals surface area contributed by atoms with Gasteiger partial charge in [-0.05, 0) is 67.8 Å². The lowest BCUT2D eigenvalue weighted by Gasteiger charge is -2.60. The molecule has 5 heteroatoms. The zero-order valence-corrected chi connectivity index (χ0v) is 15.5. The first kappa shape index (κ1) is 20.4. The molecule has 3 fully saturated rings. The number of hydrogen-bond donors (Lipinski definition) is 2. The van der Waals surface area contributed by atoms with E-state index in [9.17, 15) is 24.6 Å². The van der Waals surface area contributed by atoms with E-state index in [2.05, 4.69) is 6.92 Å². The van der Waals surface area contributed by atoms with Gasteiger partial charge >= 0.3 is 0 Å². The third-order valence-electron chi connectivity index (χ3n) is 8.56. The second-order valence-corrected chi connectivity index (χ2v) is 9.46. The Labute approximate surface area is 161 Å². The minimum Gasteiger partial charge on any atom is -0.393 e. The van der Waals surface area contributed by atoms with Gasteiger partial charge in [-0.15, -0.1) is 0 Å². The van der Waals surface area contributed by atoms with E-state index in [-0.39, 0.29) is 42.7 Å². The van der Waals surface area contributed by atoms with E-state index in [0.717, 1.165) is 24.8 Å². The topological polar surface area (TPSA) is 91.7 Å². The second kappa shape index (κ2) is 6.35. The van der Waals surface area contributed by atoms with Crippen molar-refractivity contribution in [2.24, 2.45) is 28.6 Å². The lowest BCUT2D eigenvalue weighted by Crippen LogP contribution is -2.61. The molecular formula is C22H32O5. The Bertz CT molecular complexity index is 711. The molecule has 2 N–H and O–H groups in total. The van der Waals surface area contributed by atoms with Gasteiger partial charge in [0.05, 0.1) is 6.10 Å². The third kappa shape index (κ3) is 2.47. The molecule has 0 bridgehead atoms. The molecule has 4 aliphatic rings. The van der Waals surface area contributed by atoms with E-state index < -0.39 is 22.9 Å². The summed E-state index contributed by atoms with van der Waals surface area (Å²) >= 11 is 0. The molecule has 4 aliphatic carbocycles. The van der Waals surface area contributed by atoms with E-state index >= 15 is 0 Å².